The van der Waals surface area contributed by atoms with Crippen molar-refractivity contribution in [3.05, 3.63) is 50.6 Å². The van der Waals surface area contributed by atoms with Crippen LogP contribution in [0.1, 0.15) is 17.5 Å². The molecule has 2 aromatic heterocycles. The average Bonchev–Trinajstić information content (AvgIpc) is 3.13. The number of aromatic nitrogens is 2. The third-order valence-corrected chi connectivity index (χ3v) is 2.86. The van der Waals surface area contributed by atoms with E-state index in [9.17, 15) is 25.0 Å². The summed E-state index contributed by atoms with van der Waals surface area (Å²) in [5.41, 5.74) is 0. The Bertz CT molecular complexity index is 735. The highest BCUT2D eigenvalue weighted by atomic mass is 16.7. The highest BCUT2D eigenvalue weighted by Gasteiger charge is 2.21. The highest BCUT2D eigenvalue weighted by Crippen LogP contribution is 2.17. The van der Waals surface area contributed by atoms with Gasteiger partial charge in [0.2, 0.25) is 5.76 Å². The first-order valence-corrected chi connectivity index (χ1v) is 6.44. The van der Waals surface area contributed by atoms with E-state index in [0.717, 1.165) is 18.3 Å². The zero-order valence-electron chi connectivity index (χ0n) is 11.9. The largest absolute Gasteiger partial charge is 0.459 e. The van der Waals surface area contributed by atoms with Crippen LogP contribution in [0.2, 0.25) is 0 Å². The van der Waals surface area contributed by atoms with Crippen LogP contribution in [0, 0.1) is 26.1 Å². The van der Waals surface area contributed by atoms with Crippen LogP contribution in [0.15, 0.2) is 29.1 Å². The maximum Gasteiger partial charge on any atom is 0.433 e. The lowest BCUT2D eigenvalue weighted by molar-refractivity contribution is -0.402. The molecule has 0 aliphatic carbocycles. The molecule has 0 aliphatic rings. The zero-order valence-corrected chi connectivity index (χ0v) is 11.9. The first-order valence-electron chi connectivity index (χ1n) is 6.44. The third-order valence-electron chi connectivity index (χ3n) is 2.86. The Morgan fingerprint density at radius 3 is 2.74 bits per heavy atom. The number of ether oxygens (including phenoxy) is 1. The fourth-order valence-electron chi connectivity index (χ4n) is 1.82. The Kier molecular flexibility index (Phi) is 4.69. The fraction of sp³-hybridized carbons (Fsp3) is 0.333. The molecule has 1 atom stereocenters. The summed E-state index contributed by atoms with van der Waals surface area (Å²) in [6.45, 7) is 1.91. The Labute approximate surface area is 128 Å². The zero-order chi connectivity index (χ0) is 17.0. The molecular formula is C12H12N4O7. The van der Waals surface area contributed by atoms with Crippen molar-refractivity contribution in [2.45, 2.75) is 13.5 Å². The average molecular weight is 324 g/mol. The number of carbonyl (C=O) groups is 1. The highest BCUT2D eigenvalue weighted by molar-refractivity contribution is 5.86. The molecule has 1 unspecified atom stereocenters. The summed E-state index contributed by atoms with van der Waals surface area (Å²) in [7, 11) is 0. The topological polar surface area (TPSA) is 144 Å². The van der Waals surface area contributed by atoms with E-state index in [1.54, 1.807) is 6.92 Å². The van der Waals surface area contributed by atoms with E-state index >= 15 is 0 Å². The van der Waals surface area contributed by atoms with Crippen molar-refractivity contribution < 1.29 is 23.8 Å². The van der Waals surface area contributed by atoms with Crippen LogP contribution in [0.3, 0.4) is 0 Å². The van der Waals surface area contributed by atoms with Gasteiger partial charge in [-0.3, -0.25) is 10.1 Å². The van der Waals surface area contributed by atoms with E-state index in [4.69, 9.17) is 9.15 Å². The minimum atomic E-state index is -0.843. The Hall–Kier alpha value is -3.24. The quantitative estimate of drug-likeness (QED) is 0.426. The van der Waals surface area contributed by atoms with E-state index < -0.39 is 21.7 Å². The molecule has 0 bridgehead atoms. The summed E-state index contributed by atoms with van der Waals surface area (Å²) < 4.78 is 11.0. The van der Waals surface area contributed by atoms with Crippen molar-refractivity contribution in [1.29, 1.82) is 0 Å². The van der Waals surface area contributed by atoms with E-state index in [0.29, 0.717) is 0 Å². The van der Waals surface area contributed by atoms with E-state index in [-0.39, 0.29) is 30.6 Å². The second-order valence-electron chi connectivity index (χ2n) is 4.76. The molecule has 11 nitrogen and oxygen atoms in total. The summed E-state index contributed by atoms with van der Waals surface area (Å²) >= 11 is 0. The van der Waals surface area contributed by atoms with E-state index in [1.165, 1.54) is 10.9 Å². The Morgan fingerprint density at radius 2 is 2.13 bits per heavy atom. The molecule has 0 spiro atoms. The second kappa shape index (κ2) is 6.68. The fourth-order valence-corrected chi connectivity index (χ4v) is 1.82. The minimum Gasteiger partial charge on any atom is -0.459 e. The van der Waals surface area contributed by atoms with Gasteiger partial charge in [-0.2, -0.15) is 0 Å². The van der Waals surface area contributed by atoms with Crippen molar-refractivity contribution in [3.63, 3.8) is 0 Å². The predicted octanol–water partition coefficient (Wildman–Crippen LogP) is 1.79. The van der Waals surface area contributed by atoms with Gasteiger partial charge in [-0.15, -0.1) is 0 Å². The molecule has 122 valence electrons. The first-order chi connectivity index (χ1) is 10.9. The normalized spacial score (nSPS) is 11.9. The molecule has 11 heteroatoms. The SMILES string of the molecule is CC(COC(=O)c1ccc([N+](=O)[O-])o1)Cn1cncc1[N+](=O)[O-]. The number of nitrogens with zero attached hydrogens (tertiary/aromatic N) is 4. The van der Waals surface area contributed by atoms with Crippen molar-refractivity contribution in [3.8, 4) is 0 Å². The number of carbonyl (C=O) groups excluding carboxylic acids is 1. The Morgan fingerprint density at radius 1 is 1.39 bits per heavy atom. The number of nitro groups is 2. The number of esters is 1. The van der Waals surface area contributed by atoms with Gasteiger partial charge in [0.15, 0.2) is 6.33 Å². The van der Waals surface area contributed by atoms with Crippen LogP contribution in [-0.2, 0) is 11.3 Å². The summed E-state index contributed by atoms with van der Waals surface area (Å²) in [6, 6.07) is 2.20. The summed E-state index contributed by atoms with van der Waals surface area (Å²) in [5, 5.41) is 21.2. The summed E-state index contributed by atoms with van der Waals surface area (Å²) in [5.74, 6) is -2.08. The molecule has 23 heavy (non-hydrogen) atoms. The van der Waals surface area contributed by atoms with Crippen LogP contribution >= 0.6 is 0 Å². The maximum absolute atomic E-state index is 11.7. The number of rotatable bonds is 7. The number of hydrogen-bond donors (Lipinski definition) is 0. The lowest BCUT2D eigenvalue weighted by atomic mass is 10.2. The standard InChI is InChI=1S/C12H12N4O7/c1-8(5-14-7-13-4-10(14)15(18)19)6-22-12(17)9-2-3-11(23-9)16(20)21/h2-4,7-8H,5-6H2,1H3. The van der Waals surface area contributed by atoms with E-state index in [2.05, 4.69) is 4.98 Å². The summed E-state index contributed by atoms with van der Waals surface area (Å²) in [6.07, 6.45) is 2.44. The van der Waals surface area contributed by atoms with Crippen LogP contribution < -0.4 is 0 Å². The predicted molar refractivity (Wildman–Crippen MR) is 73.7 cm³/mol. The minimum absolute atomic E-state index is 0.0390. The van der Waals surface area contributed by atoms with Crippen molar-refractivity contribution in [2.24, 2.45) is 5.92 Å². The number of furan rings is 1. The van der Waals surface area contributed by atoms with Gasteiger partial charge in [-0.25, -0.2) is 14.3 Å². The Balaban J connectivity index is 1.89. The lowest BCUT2D eigenvalue weighted by Crippen LogP contribution is -2.17. The third kappa shape index (κ3) is 3.90. The maximum atomic E-state index is 11.7. The number of imidazole rings is 1. The van der Waals surface area contributed by atoms with Crippen molar-refractivity contribution >= 4 is 17.7 Å². The van der Waals surface area contributed by atoms with Gasteiger partial charge in [-0.05, 0) is 11.0 Å². The van der Waals surface area contributed by atoms with Gasteiger partial charge in [0.1, 0.15) is 11.1 Å². The molecule has 2 aromatic rings. The molecule has 2 heterocycles. The van der Waals surface area contributed by atoms with Crippen LogP contribution in [-0.4, -0.2) is 32.0 Å². The molecule has 0 saturated heterocycles. The van der Waals surface area contributed by atoms with Crippen LogP contribution in [0.25, 0.3) is 0 Å². The van der Waals surface area contributed by atoms with Gasteiger partial charge >= 0.3 is 17.7 Å². The molecule has 0 saturated carbocycles. The smallest absolute Gasteiger partial charge is 0.433 e. The van der Waals surface area contributed by atoms with Crippen LogP contribution in [0.4, 0.5) is 11.7 Å². The summed E-state index contributed by atoms with van der Waals surface area (Å²) in [4.78, 5) is 35.3. The van der Waals surface area contributed by atoms with Crippen molar-refractivity contribution in [2.75, 3.05) is 6.61 Å². The van der Waals surface area contributed by atoms with Crippen LogP contribution in [0.5, 0.6) is 0 Å². The van der Waals surface area contributed by atoms with Gasteiger partial charge in [-0.1, -0.05) is 6.92 Å². The molecule has 2 rings (SSSR count). The molecule has 0 N–H and O–H groups in total. The number of hydrogen-bond acceptors (Lipinski definition) is 8. The molecular weight excluding hydrogens is 312 g/mol. The molecule has 0 aliphatic heterocycles. The molecule has 0 amide bonds. The van der Waals surface area contributed by atoms with Crippen molar-refractivity contribution in [1.82, 2.24) is 9.55 Å². The monoisotopic (exact) mass is 324 g/mol. The molecule has 0 radical (unpaired) electrons. The van der Waals surface area contributed by atoms with Gasteiger partial charge in [0, 0.05) is 5.92 Å². The molecule has 0 aromatic carbocycles. The van der Waals surface area contributed by atoms with Gasteiger partial charge < -0.3 is 19.3 Å². The van der Waals surface area contributed by atoms with Gasteiger partial charge in [0.25, 0.3) is 0 Å². The van der Waals surface area contributed by atoms with E-state index in [1.807, 2.05) is 0 Å². The second-order valence-corrected chi connectivity index (χ2v) is 4.76. The van der Waals surface area contributed by atoms with Gasteiger partial charge in [0.05, 0.1) is 19.2 Å². The first kappa shape index (κ1) is 16.1. The lowest BCUT2D eigenvalue weighted by Gasteiger charge is -2.10. The molecule has 0 fully saturated rings.